The normalized spacial score (nSPS) is 24.2. The van der Waals surface area contributed by atoms with Crippen LogP contribution in [0.15, 0.2) is 18.2 Å². The number of nitrogens with zero attached hydrogens (tertiary/aromatic N) is 1. The zero-order chi connectivity index (χ0) is 11.9. The minimum atomic E-state index is 0.500. The Balaban J connectivity index is 2.53. The predicted molar refractivity (Wildman–Crippen MR) is 71.5 cm³/mol. The number of anilines is 2. The summed E-state index contributed by atoms with van der Waals surface area (Å²) in [6, 6.07) is 7.61. The van der Waals surface area contributed by atoms with Crippen molar-refractivity contribution in [3.8, 4) is 0 Å². The van der Waals surface area contributed by atoms with Crippen molar-refractivity contribution >= 4 is 11.4 Å². The molecule has 2 heteroatoms. The first-order valence-corrected chi connectivity index (χ1v) is 6.14. The third-order valence-electron chi connectivity index (χ3n) is 3.76. The first-order chi connectivity index (χ1) is 7.52. The highest BCUT2D eigenvalue weighted by Crippen LogP contribution is 2.38. The second-order valence-corrected chi connectivity index (χ2v) is 5.18. The van der Waals surface area contributed by atoms with Crippen molar-refractivity contribution in [2.75, 3.05) is 17.3 Å². The van der Waals surface area contributed by atoms with Crippen LogP contribution in [0.2, 0.25) is 0 Å². The summed E-state index contributed by atoms with van der Waals surface area (Å²) in [5.74, 6) is 0.569. The van der Waals surface area contributed by atoms with E-state index in [1.165, 1.54) is 16.9 Å². The smallest absolute Gasteiger partial charge is 0.0637 e. The molecule has 0 saturated heterocycles. The molecule has 0 aromatic heterocycles. The quantitative estimate of drug-likeness (QED) is 0.776. The molecular formula is C14H22N2. The fourth-order valence-corrected chi connectivity index (χ4v) is 2.44. The van der Waals surface area contributed by atoms with Crippen molar-refractivity contribution in [2.24, 2.45) is 0 Å². The molecule has 0 spiro atoms. The van der Waals surface area contributed by atoms with E-state index in [4.69, 9.17) is 0 Å². The molecule has 0 radical (unpaired) electrons. The SMILES string of the molecule is CC(C)c1cccc2c1N(C)C(C)C(C)N2. The molecule has 1 N–H and O–H groups in total. The highest BCUT2D eigenvalue weighted by Gasteiger charge is 2.27. The first-order valence-electron chi connectivity index (χ1n) is 6.14. The van der Waals surface area contributed by atoms with Gasteiger partial charge in [-0.1, -0.05) is 26.0 Å². The number of rotatable bonds is 1. The Kier molecular flexibility index (Phi) is 2.83. The van der Waals surface area contributed by atoms with Gasteiger partial charge in [0.15, 0.2) is 0 Å². The van der Waals surface area contributed by atoms with Crippen molar-refractivity contribution in [3.05, 3.63) is 23.8 Å². The molecule has 0 bridgehead atoms. The first kappa shape index (κ1) is 11.3. The van der Waals surface area contributed by atoms with E-state index in [1.807, 2.05) is 0 Å². The van der Waals surface area contributed by atoms with E-state index in [9.17, 15) is 0 Å². The molecule has 1 aliphatic heterocycles. The maximum absolute atomic E-state index is 3.59. The second kappa shape index (κ2) is 4.00. The molecule has 0 fully saturated rings. The Morgan fingerprint density at radius 2 is 1.94 bits per heavy atom. The molecule has 0 saturated carbocycles. The molecular weight excluding hydrogens is 196 g/mol. The molecule has 1 aliphatic rings. The van der Waals surface area contributed by atoms with Gasteiger partial charge in [-0.05, 0) is 31.4 Å². The van der Waals surface area contributed by atoms with Gasteiger partial charge in [-0.15, -0.1) is 0 Å². The lowest BCUT2D eigenvalue weighted by molar-refractivity contribution is 0.583. The monoisotopic (exact) mass is 218 g/mol. The molecule has 2 unspecified atom stereocenters. The van der Waals surface area contributed by atoms with Crippen LogP contribution >= 0.6 is 0 Å². The zero-order valence-corrected chi connectivity index (χ0v) is 10.9. The Morgan fingerprint density at radius 3 is 2.56 bits per heavy atom. The molecule has 2 rings (SSSR count). The van der Waals surface area contributed by atoms with Crippen LogP contribution in [0.1, 0.15) is 39.2 Å². The highest BCUT2D eigenvalue weighted by molar-refractivity contribution is 5.77. The van der Waals surface area contributed by atoms with E-state index in [0.29, 0.717) is 18.0 Å². The van der Waals surface area contributed by atoms with Crippen LogP contribution in [0.25, 0.3) is 0 Å². The van der Waals surface area contributed by atoms with Crippen LogP contribution in [0, 0.1) is 0 Å². The summed E-state index contributed by atoms with van der Waals surface area (Å²) >= 11 is 0. The van der Waals surface area contributed by atoms with E-state index >= 15 is 0 Å². The van der Waals surface area contributed by atoms with E-state index in [1.54, 1.807) is 0 Å². The largest absolute Gasteiger partial charge is 0.379 e. The molecule has 2 atom stereocenters. The van der Waals surface area contributed by atoms with Crippen molar-refractivity contribution < 1.29 is 0 Å². The lowest BCUT2D eigenvalue weighted by Crippen LogP contribution is -2.46. The molecule has 0 aliphatic carbocycles. The van der Waals surface area contributed by atoms with Gasteiger partial charge in [0.25, 0.3) is 0 Å². The number of fused-ring (bicyclic) bond motifs is 1. The summed E-state index contributed by atoms with van der Waals surface area (Å²) in [5.41, 5.74) is 4.09. The molecule has 16 heavy (non-hydrogen) atoms. The molecule has 0 amide bonds. The lowest BCUT2D eigenvalue weighted by atomic mass is 9.95. The average molecular weight is 218 g/mol. The Bertz CT molecular complexity index is 384. The van der Waals surface area contributed by atoms with Crippen LogP contribution in [-0.4, -0.2) is 19.1 Å². The zero-order valence-electron chi connectivity index (χ0n) is 10.9. The van der Waals surface area contributed by atoms with Crippen molar-refractivity contribution in [3.63, 3.8) is 0 Å². The Hall–Kier alpha value is -1.18. The van der Waals surface area contributed by atoms with Crippen LogP contribution in [-0.2, 0) is 0 Å². The van der Waals surface area contributed by atoms with Gasteiger partial charge in [0.1, 0.15) is 0 Å². The second-order valence-electron chi connectivity index (χ2n) is 5.18. The standard InChI is InChI=1S/C14H22N2/c1-9(2)12-7-6-8-13-14(12)16(5)11(4)10(3)15-13/h6-11,15H,1-5H3. The summed E-state index contributed by atoms with van der Waals surface area (Å²) < 4.78 is 0. The number of para-hydroxylation sites is 1. The minimum Gasteiger partial charge on any atom is -0.379 e. The van der Waals surface area contributed by atoms with Crippen molar-refractivity contribution in [1.29, 1.82) is 0 Å². The van der Waals surface area contributed by atoms with Gasteiger partial charge >= 0.3 is 0 Å². The van der Waals surface area contributed by atoms with Gasteiger partial charge in [0.2, 0.25) is 0 Å². The summed E-state index contributed by atoms with van der Waals surface area (Å²) in [4.78, 5) is 2.41. The fraction of sp³-hybridized carbons (Fsp3) is 0.571. The number of benzene rings is 1. The minimum absolute atomic E-state index is 0.500. The molecule has 1 aromatic carbocycles. The molecule has 1 aromatic rings. The number of nitrogens with one attached hydrogen (secondary N) is 1. The lowest BCUT2D eigenvalue weighted by Gasteiger charge is -2.41. The summed E-state index contributed by atoms with van der Waals surface area (Å²) in [5, 5.41) is 3.59. The Labute approximate surface area is 98.7 Å². The Morgan fingerprint density at radius 1 is 1.25 bits per heavy atom. The average Bonchev–Trinajstić information content (AvgIpc) is 2.25. The summed E-state index contributed by atoms with van der Waals surface area (Å²) in [7, 11) is 2.20. The van der Waals surface area contributed by atoms with Crippen LogP contribution < -0.4 is 10.2 Å². The summed E-state index contributed by atoms with van der Waals surface area (Å²) in [6.07, 6.45) is 0. The van der Waals surface area contributed by atoms with Gasteiger partial charge in [-0.2, -0.15) is 0 Å². The van der Waals surface area contributed by atoms with Crippen LogP contribution in [0.4, 0.5) is 11.4 Å². The third kappa shape index (κ3) is 1.66. The van der Waals surface area contributed by atoms with Crippen LogP contribution in [0.3, 0.4) is 0 Å². The fourth-order valence-electron chi connectivity index (χ4n) is 2.44. The number of likely N-dealkylation sites (N-methyl/N-ethyl adjacent to an activating group) is 1. The number of hydrogen-bond donors (Lipinski definition) is 1. The van der Waals surface area contributed by atoms with E-state index in [-0.39, 0.29) is 0 Å². The molecule has 2 nitrogen and oxygen atoms in total. The topological polar surface area (TPSA) is 15.3 Å². The van der Waals surface area contributed by atoms with E-state index < -0.39 is 0 Å². The van der Waals surface area contributed by atoms with Gasteiger partial charge in [0, 0.05) is 19.1 Å². The highest BCUT2D eigenvalue weighted by atomic mass is 15.2. The molecule has 88 valence electrons. The van der Waals surface area contributed by atoms with Crippen molar-refractivity contribution in [1.82, 2.24) is 0 Å². The van der Waals surface area contributed by atoms with Gasteiger partial charge in [-0.25, -0.2) is 0 Å². The van der Waals surface area contributed by atoms with Crippen LogP contribution in [0.5, 0.6) is 0 Å². The third-order valence-corrected chi connectivity index (χ3v) is 3.76. The molecule has 1 heterocycles. The predicted octanol–water partition coefficient (Wildman–Crippen LogP) is 3.45. The van der Waals surface area contributed by atoms with Crippen molar-refractivity contribution in [2.45, 2.75) is 45.7 Å². The van der Waals surface area contributed by atoms with E-state index in [0.717, 1.165) is 0 Å². The number of hydrogen-bond acceptors (Lipinski definition) is 2. The maximum Gasteiger partial charge on any atom is 0.0637 e. The summed E-state index contributed by atoms with van der Waals surface area (Å²) in [6.45, 7) is 9.03. The maximum atomic E-state index is 3.59. The van der Waals surface area contributed by atoms with E-state index in [2.05, 4.69) is 63.2 Å². The van der Waals surface area contributed by atoms with Gasteiger partial charge in [0.05, 0.1) is 11.4 Å². The van der Waals surface area contributed by atoms with Gasteiger partial charge < -0.3 is 10.2 Å². The van der Waals surface area contributed by atoms with Gasteiger partial charge in [-0.3, -0.25) is 0 Å².